The SMILES string of the molecule is C#CC(CCc1ccccc1)Oc1ncc([N+](=O)[O-])cc1[N+](=O)[O-]. The third kappa shape index (κ3) is 4.27. The van der Waals surface area contributed by atoms with Crippen LogP contribution in [0.25, 0.3) is 0 Å². The highest BCUT2D eigenvalue weighted by molar-refractivity contribution is 5.48. The van der Waals surface area contributed by atoms with Gasteiger partial charge in [0.25, 0.3) is 11.6 Å². The minimum Gasteiger partial charge on any atom is -0.456 e. The third-order valence-corrected chi connectivity index (χ3v) is 3.20. The normalized spacial score (nSPS) is 11.3. The van der Waals surface area contributed by atoms with Crippen molar-refractivity contribution < 1.29 is 14.6 Å². The number of aromatic nitrogens is 1. The lowest BCUT2D eigenvalue weighted by Crippen LogP contribution is -2.16. The molecule has 0 aliphatic rings. The van der Waals surface area contributed by atoms with E-state index in [1.807, 2.05) is 30.3 Å². The van der Waals surface area contributed by atoms with E-state index in [0.29, 0.717) is 12.8 Å². The summed E-state index contributed by atoms with van der Waals surface area (Å²) in [6.07, 6.45) is 6.61. The minimum absolute atomic E-state index is 0.332. The molecule has 0 bridgehead atoms. The van der Waals surface area contributed by atoms with Crippen molar-refractivity contribution in [2.24, 2.45) is 0 Å². The fraction of sp³-hybridized carbons (Fsp3) is 0.188. The Morgan fingerprint density at radius 2 is 1.92 bits per heavy atom. The number of pyridine rings is 1. The van der Waals surface area contributed by atoms with Gasteiger partial charge in [-0.3, -0.25) is 20.2 Å². The Balaban J connectivity index is 2.14. The van der Waals surface area contributed by atoms with E-state index >= 15 is 0 Å². The standard InChI is InChI=1S/C16H13N3O5/c1-2-14(9-8-12-6-4-3-5-7-12)24-16-15(19(22)23)10-13(11-17-16)18(20)21/h1,3-7,10-11,14H,8-9H2. The van der Waals surface area contributed by atoms with Crippen molar-refractivity contribution >= 4 is 11.4 Å². The highest BCUT2D eigenvalue weighted by Gasteiger charge is 2.24. The van der Waals surface area contributed by atoms with Gasteiger partial charge in [0, 0.05) is 0 Å². The Bertz CT molecular complexity index is 786. The fourth-order valence-corrected chi connectivity index (χ4v) is 2.00. The van der Waals surface area contributed by atoms with Gasteiger partial charge in [-0.15, -0.1) is 6.42 Å². The third-order valence-electron chi connectivity index (χ3n) is 3.20. The van der Waals surface area contributed by atoms with Crippen LogP contribution < -0.4 is 4.74 Å². The van der Waals surface area contributed by atoms with Crippen molar-refractivity contribution in [1.82, 2.24) is 4.98 Å². The predicted octanol–water partition coefficient (Wildman–Crippen LogP) is 2.91. The number of ether oxygens (including phenoxy) is 1. The van der Waals surface area contributed by atoms with E-state index in [0.717, 1.165) is 17.8 Å². The summed E-state index contributed by atoms with van der Waals surface area (Å²) in [5.41, 5.74) is -0.0349. The Labute approximate surface area is 137 Å². The second-order valence-electron chi connectivity index (χ2n) is 4.83. The lowest BCUT2D eigenvalue weighted by molar-refractivity contribution is -0.395. The van der Waals surface area contributed by atoms with Crippen LogP contribution >= 0.6 is 0 Å². The van der Waals surface area contributed by atoms with Crippen molar-refractivity contribution in [1.29, 1.82) is 0 Å². The number of aryl methyl sites for hydroxylation is 1. The zero-order valence-electron chi connectivity index (χ0n) is 12.5. The average Bonchev–Trinajstić information content (AvgIpc) is 2.59. The first-order valence-corrected chi connectivity index (χ1v) is 6.97. The van der Waals surface area contributed by atoms with Gasteiger partial charge in [-0.2, -0.15) is 0 Å². The van der Waals surface area contributed by atoms with E-state index in [-0.39, 0.29) is 5.88 Å². The smallest absolute Gasteiger partial charge is 0.337 e. The maximum atomic E-state index is 11.1. The molecule has 0 N–H and O–H groups in total. The molecule has 0 saturated heterocycles. The van der Waals surface area contributed by atoms with Crippen molar-refractivity contribution in [2.45, 2.75) is 18.9 Å². The molecule has 8 nitrogen and oxygen atoms in total. The Morgan fingerprint density at radius 1 is 1.21 bits per heavy atom. The number of nitrogens with zero attached hydrogens (tertiary/aromatic N) is 3. The van der Waals surface area contributed by atoms with E-state index in [2.05, 4.69) is 10.9 Å². The molecular weight excluding hydrogens is 314 g/mol. The molecule has 1 heterocycles. The molecule has 0 amide bonds. The van der Waals surface area contributed by atoms with E-state index in [1.54, 1.807) is 0 Å². The van der Waals surface area contributed by atoms with Crippen LogP contribution in [0.3, 0.4) is 0 Å². The topological polar surface area (TPSA) is 108 Å². The first kappa shape index (κ1) is 16.9. The van der Waals surface area contributed by atoms with Crippen LogP contribution in [0.15, 0.2) is 42.6 Å². The van der Waals surface area contributed by atoms with Gasteiger partial charge < -0.3 is 4.74 Å². The van der Waals surface area contributed by atoms with Crippen molar-refractivity contribution in [2.75, 3.05) is 0 Å². The van der Waals surface area contributed by atoms with E-state index in [4.69, 9.17) is 11.2 Å². The molecule has 2 aromatic rings. The first-order valence-electron chi connectivity index (χ1n) is 6.97. The summed E-state index contributed by atoms with van der Waals surface area (Å²) < 4.78 is 5.40. The number of hydrogen-bond donors (Lipinski definition) is 0. The van der Waals surface area contributed by atoms with Gasteiger partial charge in [-0.05, 0) is 18.4 Å². The van der Waals surface area contributed by atoms with Crippen LogP contribution in [0.5, 0.6) is 5.88 Å². The molecule has 0 saturated carbocycles. The molecule has 24 heavy (non-hydrogen) atoms. The van der Waals surface area contributed by atoms with Gasteiger partial charge in [-0.1, -0.05) is 36.3 Å². The number of terminal acetylenes is 1. The Kier molecular flexibility index (Phi) is 5.41. The Hall–Kier alpha value is -3.47. The second kappa shape index (κ2) is 7.69. The Morgan fingerprint density at radius 3 is 2.50 bits per heavy atom. The number of benzene rings is 1. The van der Waals surface area contributed by atoms with Gasteiger partial charge in [0.15, 0.2) is 6.10 Å². The van der Waals surface area contributed by atoms with Crippen molar-refractivity contribution in [3.8, 4) is 18.2 Å². The molecule has 1 aromatic heterocycles. The number of rotatable bonds is 7. The zero-order valence-corrected chi connectivity index (χ0v) is 12.5. The van der Waals surface area contributed by atoms with Crippen molar-refractivity contribution in [3.63, 3.8) is 0 Å². The highest BCUT2D eigenvalue weighted by Crippen LogP contribution is 2.29. The van der Waals surface area contributed by atoms with Crippen LogP contribution in [0, 0.1) is 32.6 Å². The first-order chi connectivity index (χ1) is 11.5. The van der Waals surface area contributed by atoms with Crippen LogP contribution in [0.4, 0.5) is 11.4 Å². The van der Waals surface area contributed by atoms with Crippen LogP contribution in [-0.4, -0.2) is 20.9 Å². The molecule has 0 aliphatic carbocycles. The van der Waals surface area contributed by atoms with Crippen molar-refractivity contribution in [3.05, 3.63) is 68.4 Å². The van der Waals surface area contributed by atoms with E-state index < -0.39 is 27.3 Å². The lowest BCUT2D eigenvalue weighted by atomic mass is 10.1. The lowest BCUT2D eigenvalue weighted by Gasteiger charge is -2.12. The summed E-state index contributed by atoms with van der Waals surface area (Å²) >= 11 is 0. The summed E-state index contributed by atoms with van der Waals surface area (Å²) in [4.78, 5) is 23.9. The van der Waals surface area contributed by atoms with Crippen LogP contribution in [0.1, 0.15) is 12.0 Å². The second-order valence-corrected chi connectivity index (χ2v) is 4.83. The van der Waals surface area contributed by atoms with Gasteiger partial charge in [-0.25, -0.2) is 4.98 Å². The molecule has 0 fully saturated rings. The zero-order chi connectivity index (χ0) is 17.5. The van der Waals surface area contributed by atoms with E-state index in [1.165, 1.54) is 0 Å². The van der Waals surface area contributed by atoms with Crippen LogP contribution in [0.2, 0.25) is 0 Å². The molecular formula is C16H13N3O5. The summed E-state index contributed by atoms with van der Waals surface area (Å²) in [7, 11) is 0. The molecule has 1 unspecified atom stereocenters. The average molecular weight is 327 g/mol. The molecule has 1 atom stereocenters. The molecule has 0 spiro atoms. The summed E-state index contributed by atoms with van der Waals surface area (Å²) in [5.74, 6) is 2.07. The molecule has 2 rings (SSSR count). The molecule has 0 radical (unpaired) electrons. The maximum Gasteiger partial charge on any atom is 0.337 e. The molecule has 8 heteroatoms. The van der Waals surface area contributed by atoms with E-state index in [9.17, 15) is 20.2 Å². The number of hydrogen-bond acceptors (Lipinski definition) is 6. The largest absolute Gasteiger partial charge is 0.456 e. The van der Waals surface area contributed by atoms with Gasteiger partial charge in [0.05, 0.1) is 9.85 Å². The maximum absolute atomic E-state index is 11.1. The van der Waals surface area contributed by atoms with Crippen LogP contribution in [-0.2, 0) is 6.42 Å². The summed E-state index contributed by atoms with van der Waals surface area (Å²) in [6.45, 7) is 0. The molecule has 1 aromatic carbocycles. The minimum atomic E-state index is -0.792. The molecule has 0 aliphatic heterocycles. The van der Waals surface area contributed by atoms with Gasteiger partial charge >= 0.3 is 5.69 Å². The predicted molar refractivity (Wildman–Crippen MR) is 85.6 cm³/mol. The van der Waals surface area contributed by atoms with Gasteiger partial charge in [0.1, 0.15) is 12.3 Å². The van der Waals surface area contributed by atoms with Gasteiger partial charge in [0.2, 0.25) is 0 Å². The molecule has 122 valence electrons. The summed E-state index contributed by atoms with van der Waals surface area (Å²) in [6, 6.07) is 10.3. The monoisotopic (exact) mass is 327 g/mol. The fourth-order valence-electron chi connectivity index (χ4n) is 2.00. The quantitative estimate of drug-likeness (QED) is 0.439. The number of nitro groups is 2. The highest BCUT2D eigenvalue weighted by atomic mass is 16.6. The summed E-state index contributed by atoms with van der Waals surface area (Å²) in [5, 5.41) is 21.8.